The first-order valence-electron chi connectivity index (χ1n) is 7.31. The molecule has 1 heterocycles. The van der Waals surface area contributed by atoms with Gasteiger partial charge in [0.1, 0.15) is 6.04 Å². The lowest BCUT2D eigenvalue weighted by molar-refractivity contribution is -0.139. The highest BCUT2D eigenvalue weighted by molar-refractivity contribution is 5.73. The van der Waals surface area contributed by atoms with Crippen LogP contribution in [0.2, 0.25) is 0 Å². The van der Waals surface area contributed by atoms with Gasteiger partial charge in [0, 0.05) is 13.1 Å². The molecule has 2 rings (SSSR count). The van der Waals surface area contributed by atoms with Crippen LogP contribution in [-0.4, -0.2) is 35.1 Å². The van der Waals surface area contributed by atoms with E-state index in [9.17, 15) is 4.79 Å². The maximum atomic E-state index is 10.8. The van der Waals surface area contributed by atoms with Gasteiger partial charge in [-0.25, -0.2) is 0 Å². The first-order chi connectivity index (χ1) is 9.54. The van der Waals surface area contributed by atoms with Crippen molar-refractivity contribution in [3.05, 3.63) is 35.4 Å². The summed E-state index contributed by atoms with van der Waals surface area (Å²) in [6, 6.07) is 7.89. The van der Waals surface area contributed by atoms with E-state index in [-0.39, 0.29) is 0 Å². The molecule has 0 amide bonds. The molecule has 0 aliphatic carbocycles. The van der Waals surface area contributed by atoms with Crippen LogP contribution in [0.1, 0.15) is 30.4 Å². The average Bonchev–Trinajstić information content (AvgIpc) is 2.42. The Kier molecular flexibility index (Phi) is 5.15. The Bertz CT molecular complexity index is 444. The van der Waals surface area contributed by atoms with Crippen molar-refractivity contribution >= 4 is 5.97 Å². The summed E-state index contributed by atoms with van der Waals surface area (Å²) in [5, 5.41) is 8.90. The molecule has 1 aromatic carbocycles. The van der Waals surface area contributed by atoms with Gasteiger partial charge in [-0.3, -0.25) is 9.69 Å². The molecule has 1 fully saturated rings. The normalized spacial score (nSPS) is 21.6. The van der Waals surface area contributed by atoms with Crippen molar-refractivity contribution in [1.29, 1.82) is 0 Å². The van der Waals surface area contributed by atoms with E-state index in [0.29, 0.717) is 12.3 Å². The highest BCUT2D eigenvalue weighted by atomic mass is 16.4. The smallest absolute Gasteiger partial charge is 0.320 e. The zero-order valence-electron chi connectivity index (χ0n) is 12.1. The Labute approximate surface area is 120 Å². The maximum Gasteiger partial charge on any atom is 0.320 e. The van der Waals surface area contributed by atoms with Crippen molar-refractivity contribution in [1.82, 2.24) is 4.90 Å². The number of likely N-dealkylation sites (tertiary alicyclic amines) is 1. The summed E-state index contributed by atoms with van der Waals surface area (Å²) >= 11 is 0. The molecular weight excluding hydrogens is 252 g/mol. The van der Waals surface area contributed by atoms with Crippen LogP contribution in [0.25, 0.3) is 0 Å². The van der Waals surface area contributed by atoms with Gasteiger partial charge in [-0.2, -0.15) is 0 Å². The molecule has 2 atom stereocenters. The monoisotopic (exact) mass is 276 g/mol. The highest BCUT2D eigenvalue weighted by Gasteiger charge is 2.24. The molecule has 0 radical (unpaired) electrons. The number of nitrogens with zero attached hydrogens (tertiary/aromatic N) is 1. The molecule has 4 heteroatoms. The van der Waals surface area contributed by atoms with E-state index in [1.807, 2.05) is 0 Å². The van der Waals surface area contributed by atoms with Crippen molar-refractivity contribution in [2.45, 2.75) is 38.8 Å². The van der Waals surface area contributed by atoms with Gasteiger partial charge in [-0.05, 0) is 44.2 Å². The van der Waals surface area contributed by atoms with Crippen LogP contribution >= 0.6 is 0 Å². The van der Waals surface area contributed by atoms with Crippen LogP contribution in [0.3, 0.4) is 0 Å². The summed E-state index contributed by atoms with van der Waals surface area (Å²) < 4.78 is 0. The number of hydrogen-bond donors (Lipinski definition) is 2. The first kappa shape index (κ1) is 15.0. The third kappa shape index (κ3) is 4.32. The quantitative estimate of drug-likeness (QED) is 0.863. The Morgan fingerprint density at radius 3 is 2.80 bits per heavy atom. The minimum atomic E-state index is -0.888. The van der Waals surface area contributed by atoms with E-state index in [0.717, 1.165) is 32.5 Å². The van der Waals surface area contributed by atoms with Gasteiger partial charge in [0.2, 0.25) is 0 Å². The van der Waals surface area contributed by atoms with Crippen LogP contribution < -0.4 is 5.73 Å². The number of carbonyl (C=O) groups is 1. The second-order valence-corrected chi connectivity index (χ2v) is 5.91. The van der Waals surface area contributed by atoms with Crippen molar-refractivity contribution in [3.8, 4) is 0 Å². The van der Waals surface area contributed by atoms with Crippen molar-refractivity contribution in [2.75, 3.05) is 13.1 Å². The van der Waals surface area contributed by atoms with Gasteiger partial charge >= 0.3 is 5.97 Å². The molecule has 0 bridgehead atoms. The van der Waals surface area contributed by atoms with Crippen LogP contribution in [0.15, 0.2) is 24.3 Å². The summed E-state index contributed by atoms with van der Waals surface area (Å²) in [5.74, 6) is -0.485. The number of carboxylic acids is 1. The fraction of sp³-hybridized carbons (Fsp3) is 0.562. The number of piperidine rings is 1. The molecule has 0 spiro atoms. The molecule has 3 N–H and O–H groups in total. The number of aryl methyl sites for hydroxylation is 1. The minimum Gasteiger partial charge on any atom is -0.480 e. The fourth-order valence-electron chi connectivity index (χ4n) is 2.90. The number of rotatable bonds is 5. The van der Waals surface area contributed by atoms with Crippen molar-refractivity contribution in [3.63, 3.8) is 0 Å². The van der Waals surface area contributed by atoms with E-state index < -0.39 is 12.0 Å². The number of benzene rings is 1. The molecular formula is C16H24N2O2. The summed E-state index contributed by atoms with van der Waals surface area (Å²) in [4.78, 5) is 13.2. The summed E-state index contributed by atoms with van der Waals surface area (Å²) in [5.41, 5.74) is 8.24. The van der Waals surface area contributed by atoms with Crippen LogP contribution in [0.5, 0.6) is 0 Å². The standard InChI is InChI=1S/C16H24N2O2/c1-12-4-6-13(7-5-12)10-18-8-2-3-14(11-18)9-15(17)16(19)20/h4-7,14-15H,2-3,8-11,17H2,1H3,(H,19,20). The summed E-state index contributed by atoms with van der Waals surface area (Å²) in [7, 11) is 0. The highest BCUT2D eigenvalue weighted by Crippen LogP contribution is 2.22. The fourth-order valence-corrected chi connectivity index (χ4v) is 2.90. The average molecular weight is 276 g/mol. The Morgan fingerprint density at radius 2 is 2.15 bits per heavy atom. The molecule has 0 saturated carbocycles. The molecule has 0 aromatic heterocycles. The lowest BCUT2D eigenvalue weighted by Crippen LogP contribution is -2.39. The predicted molar refractivity (Wildman–Crippen MR) is 79.4 cm³/mol. The van der Waals surface area contributed by atoms with E-state index in [1.54, 1.807) is 0 Å². The summed E-state index contributed by atoms with van der Waals surface area (Å²) in [6.07, 6.45) is 2.80. The molecule has 110 valence electrons. The lowest BCUT2D eigenvalue weighted by Gasteiger charge is -2.33. The molecule has 4 nitrogen and oxygen atoms in total. The molecule has 1 aliphatic rings. The van der Waals surface area contributed by atoms with Gasteiger partial charge in [0.05, 0.1) is 0 Å². The zero-order chi connectivity index (χ0) is 14.5. The third-order valence-corrected chi connectivity index (χ3v) is 4.03. The third-order valence-electron chi connectivity index (χ3n) is 4.03. The second kappa shape index (κ2) is 6.86. The van der Waals surface area contributed by atoms with E-state index in [4.69, 9.17) is 10.8 Å². The summed E-state index contributed by atoms with van der Waals surface area (Å²) in [6.45, 7) is 5.08. The van der Waals surface area contributed by atoms with Crippen LogP contribution in [0, 0.1) is 12.8 Å². The molecule has 2 unspecified atom stereocenters. The Hall–Kier alpha value is -1.39. The predicted octanol–water partition coefficient (Wildman–Crippen LogP) is 2.01. The lowest BCUT2D eigenvalue weighted by atomic mass is 9.91. The van der Waals surface area contributed by atoms with Crippen LogP contribution in [-0.2, 0) is 11.3 Å². The van der Waals surface area contributed by atoms with E-state index >= 15 is 0 Å². The van der Waals surface area contributed by atoms with E-state index in [2.05, 4.69) is 36.1 Å². The van der Waals surface area contributed by atoms with Gasteiger partial charge in [-0.15, -0.1) is 0 Å². The topological polar surface area (TPSA) is 66.6 Å². The van der Waals surface area contributed by atoms with Crippen molar-refractivity contribution in [2.24, 2.45) is 11.7 Å². The van der Waals surface area contributed by atoms with E-state index in [1.165, 1.54) is 11.1 Å². The Morgan fingerprint density at radius 1 is 1.45 bits per heavy atom. The number of aliphatic carboxylic acids is 1. The molecule has 1 aliphatic heterocycles. The second-order valence-electron chi connectivity index (χ2n) is 5.91. The zero-order valence-corrected chi connectivity index (χ0v) is 12.1. The SMILES string of the molecule is Cc1ccc(CN2CCCC(CC(N)C(=O)O)C2)cc1. The van der Waals surface area contributed by atoms with Gasteiger partial charge in [0.15, 0.2) is 0 Å². The number of hydrogen-bond acceptors (Lipinski definition) is 3. The molecule has 20 heavy (non-hydrogen) atoms. The maximum absolute atomic E-state index is 10.8. The largest absolute Gasteiger partial charge is 0.480 e. The number of nitrogens with two attached hydrogens (primary N) is 1. The van der Waals surface area contributed by atoms with Crippen LogP contribution in [0.4, 0.5) is 0 Å². The Balaban J connectivity index is 1.87. The minimum absolute atomic E-state index is 0.403. The van der Waals surface area contributed by atoms with Crippen molar-refractivity contribution < 1.29 is 9.90 Å². The first-order valence-corrected chi connectivity index (χ1v) is 7.31. The van der Waals surface area contributed by atoms with Gasteiger partial charge < -0.3 is 10.8 Å². The number of carboxylic acid groups (broad SMARTS) is 1. The molecule has 1 saturated heterocycles. The molecule has 1 aromatic rings. The van der Waals surface area contributed by atoms with Gasteiger partial charge in [-0.1, -0.05) is 29.8 Å². The van der Waals surface area contributed by atoms with Gasteiger partial charge in [0.25, 0.3) is 0 Å².